The number of rotatable bonds is 6. The molecule has 2 nitrogen and oxygen atoms in total. The maximum Gasteiger partial charge on any atom is 0.0480 e. The average Bonchev–Trinajstić information content (AvgIpc) is 2.78. The molecule has 0 radical (unpaired) electrons. The average molecular weight is 244 g/mol. The van der Waals surface area contributed by atoms with Crippen LogP contribution >= 0.6 is 0 Å². The SMILES string of the molecule is CCCCn1ccc2cc(CC(N)CC)ccc21. The summed E-state index contributed by atoms with van der Waals surface area (Å²) in [6, 6.07) is 9.24. The molecule has 0 aliphatic carbocycles. The molecule has 2 aromatic rings. The van der Waals surface area contributed by atoms with Gasteiger partial charge in [0.2, 0.25) is 0 Å². The molecule has 0 amide bonds. The summed E-state index contributed by atoms with van der Waals surface area (Å²) in [4.78, 5) is 0. The van der Waals surface area contributed by atoms with Gasteiger partial charge in [-0.2, -0.15) is 0 Å². The molecule has 0 aliphatic heterocycles. The Morgan fingerprint density at radius 3 is 2.78 bits per heavy atom. The second-order valence-corrected chi connectivity index (χ2v) is 5.13. The molecule has 0 saturated carbocycles. The van der Waals surface area contributed by atoms with Gasteiger partial charge in [-0.05, 0) is 48.4 Å². The molecule has 0 bridgehead atoms. The number of aromatic nitrogens is 1. The monoisotopic (exact) mass is 244 g/mol. The molecule has 1 atom stereocenters. The van der Waals surface area contributed by atoms with E-state index < -0.39 is 0 Å². The van der Waals surface area contributed by atoms with Crippen molar-refractivity contribution < 1.29 is 0 Å². The highest BCUT2D eigenvalue weighted by atomic mass is 14.9. The van der Waals surface area contributed by atoms with E-state index in [0.717, 1.165) is 19.4 Å². The summed E-state index contributed by atoms with van der Waals surface area (Å²) in [5, 5.41) is 1.34. The largest absolute Gasteiger partial charge is 0.347 e. The van der Waals surface area contributed by atoms with Crippen molar-refractivity contribution in [2.75, 3.05) is 0 Å². The highest BCUT2D eigenvalue weighted by Crippen LogP contribution is 2.19. The summed E-state index contributed by atoms with van der Waals surface area (Å²) in [7, 11) is 0. The fourth-order valence-corrected chi connectivity index (χ4v) is 2.35. The third-order valence-electron chi connectivity index (χ3n) is 3.61. The molecule has 2 heteroatoms. The van der Waals surface area contributed by atoms with Gasteiger partial charge in [0.05, 0.1) is 0 Å². The Morgan fingerprint density at radius 2 is 2.06 bits per heavy atom. The lowest BCUT2D eigenvalue weighted by Crippen LogP contribution is -2.21. The molecular weight excluding hydrogens is 220 g/mol. The molecule has 0 aliphatic rings. The molecule has 98 valence electrons. The number of unbranched alkanes of at least 4 members (excludes halogenated alkanes) is 1. The number of aryl methyl sites for hydroxylation is 1. The topological polar surface area (TPSA) is 30.9 Å². The molecule has 2 N–H and O–H groups in total. The quantitative estimate of drug-likeness (QED) is 0.825. The van der Waals surface area contributed by atoms with E-state index in [9.17, 15) is 0 Å². The van der Waals surface area contributed by atoms with Crippen molar-refractivity contribution in [1.82, 2.24) is 4.57 Å². The molecule has 18 heavy (non-hydrogen) atoms. The number of hydrogen-bond acceptors (Lipinski definition) is 1. The van der Waals surface area contributed by atoms with Crippen LogP contribution < -0.4 is 5.73 Å². The van der Waals surface area contributed by atoms with Gasteiger partial charge in [0.1, 0.15) is 0 Å². The van der Waals surface area contributed by atoms with Crippen molar-refractivity contribution in [3.05, 3.63) is 36.0 Å². The Hall–Kier alpha value is -1.28. The van der Waals surface area contributed by atoms with Crippen LogP contribution in [0.15, 0.2) is 30.5 Å². The standard InChI is InChI=1S/C16H24N2/c1-3-5-9-18-10-8-14-11-13(6-7-16(14)18)12-15(17)4-2/h6-8,10-11,15H,3-5,9,12,17H2,1-2H3. The maximum atomic E-state index is 6.01. The maximum absolute atomic E-state index is 6.01. The second-order valence-electron chi connectivity index (χ2n) is 5.13. The first kappa shape index (κ1) is 13.2. The summed E-state index contributed by atoms with van der Waals surface area (Å²) in [5.74, 6) is 0. The fraction of sp³-hybridized carbons (Fsp3) is 0.500. The van der Waals surface area contributed by atoms with E-state index >= 15 is 0 Å². The zero-order valence-electron chi connectivity index (χ0n) is 11.5. The lowest BCUT2D eigenvalue weighted by molar-refractivity contribution is 0.645. The van der Waals surface area contributed by atoms with Gasteiger partial charge in [-0.3, -0.25) is 0 Å². The molecule has 1 aromatic carbocycles. The predicted molar refractivity (Wildman–Crippen MR) is 78.8 cm³/mol. The molecule has 0 spiro atoms. The molecule has 0 saturated heterocycles. The Bertz CT molecular complexity index is 499. The Balaban J connectivity index is 2.19. The van der Waals surface area contributed by atoms with Gasteiger partial charge in [0, 0.05) is 24.3 Å². The summed E-state index contributed by atoms with van der Waals surface area (Å²) in [6.45, 7) is 5.49. The third kappa shape index (κ3) is 2.94. The number of nitrogens with zero attached hydrogens (tertiary/aromatic N) is 1. The van der Waals surface area contributed by atoms with E-state index in [2.05, 4.69) is 48.9 Å². The summed E-state index contributed by atoms with van der Waals surface area (Å²) < 4.78 is 2.35. The minimum Gasteiger partial charge on any atom is -0.347 e. The van der Waals surface area contributed by atoms with Crippen molar-refractivity contribution >= 4 is 10.9 Å². The van der Waals surface area contributed by atoms with Crippen molar-refractivity contribution in [3.8, 4) is 0 Å². The van der Waals surface area contributed by atoms with E-state index in [-0.39, 0.29) is 6.04 Å². The minimum absolute atomic E-state index is 0.282. The van der Waals surface area contributed by atoms with Crippen molar-refractivity contribution in [3.63, 3.8) is 0 Å². The first-order chi connectivity index (χ1) is 8.74. The highest BCUT2D eigenvalue weighted by Gasteiger charge is 2.05. The molecule has 1 aromatic heterocycles. The first-order valence-corrected chi connectivity index (χ1v) is 7.08. The van der Waals surface area contributed by atoms with Gasteiger partial charge < -0.3 is 10.3 Å². The van der Waals surface area contributed by atoms with Crippen molar-refractivity contribution in [1.29, 1.82) is 0 Å². The van der Waals surface area contributed by atoms with E-state index in [4.69, 9.17) is 5.73 Å². The lowest BCUT2D eigenvalue weighted by atomic mass is 10.0. The zero-order valence-corrected chi connectivity index (χ0v) is 11.5. The fourth-order valence-electron chi connectivity index (χ4n) is 2.35. The Labute approximate surface area is 110 Å². The number of hydrogen-bond donors (Lipinski definition) is 1. The van der Waals surface area contributed by atoms with Gasteiger partial charge >= 0.3 is 0 Å². The van der Waals surface area contributed by atoms with Gasteiger partial charge in [0.25, 0.3) is 0 Å². The van der Waals surface area contributed by atoms with E-state index in [1.54, 1.807) is 0 Å². The van der Waals surface area contributed by atoms with Crippen molar-refractivity contribution in [2.45, 2.75) is 52.1 Å². The van der Waals surface area contributed by atoms with Crippen LogP contribution in [-0.4, -0.2) is 10.6 Å². The van der Waals surface area contributed by atoms with E-state index in [1.807, 2.05) is 0 Å². The van der Waals surface area contributed by atoms with Crippen molar-refractivity contribution in [2.24, 2.45) is 5.73 Å². The lowest BCUT2D eigenvalue weighted by Gasteiger charge is -2.09. The third-order valence-corrected chi connectivity index (χ3v) is 3.61. The van der Waals surface area contributed by atoms with Gasteiger partial charge in [-0.1, -0.05) is 26.3 Å². The van der Waals surface area contributed by atoms with Crippen LogP contribution in [0.2, 0.25) is 0 Å². The normalized spacial score (nSPS) is 13.1. The van der Waals surface area contributed by atoms with Gasteiger partial charge in [-0.15, -0.1) is 0 Å². The van der Waals surface area contributed by atoms with Crippen LogP contribution in [-0.2, 0) is 13.0 Å². The Kier molecular flexibility index (Phi) is 4.43. The molecule has 2 rings (SSSR count). The van der Waals surface area contributed by atoms with Crippen LogP contribution in [0.5, 0.6) is 0 Å². The summed E-state index contributed by atoms with van der Waals surface area (Å²) >= 11 is 0. The van der Waals surface area contributed by atoms with Crippen LogP contribution in [0, 0.1) is 0 Å². The van der Waals surface area contributed by atoms with Crippen LogP contribution in [0.25, 0.3) is 10.9 Å². The van der Waals surface area contributed by atoms with Gasteiger partial charge in [-0.25, -0.2) is 0 Å². The zero-order chi connectivity index (χ0) is 13.0. The van der Waals surface area contributed by atoms with E-state index in [0.29, 0.717) is 0 Å². The van der Waals surface area contributed by atoms with Gasteiger partial charge in [0.15, 0.2) is 0 Å². The van der Waals surface area contributed by atoms with Crippen LogP contribution in [0.3, 0.4) is 0 Å². The summed E-state index contributed by atoms with van der Waals surface area (Å²) in [5.41, 5.74) is 8.71. The smallest absolute Gasteiger partial charge is 0.0480 e. The molecule has 0 fully saturated rings. The predicted octanol–water partition coefficient (Wildman–Crippen LogP) is 3.72. The van der Waals surface area contributed by atoms with Crippen LogP contribution in [0.4, 0.5) is 0 Å². The molecular formula is C16H24N2. The minimum atomic E-state index is 0.282. The molecule has 1 unspecified atom stereocenters. The number of nitrogens with two attached hydrogens (primary N) is 1. The van der Waals surface area contributed by atoms with E-state index in [1.165, 1.54) is 29.3 Å². The van der Waals surface area contributed by atoms with Crippen LogP contribution in [0.1, 0.15) is 38.7 Å². The highest BCUT2D eigenvalue weighted by molar-refractivity contribution is 5.80. The molecule has 1 heterocycles. The Morgan fingerprint density at radius 1 is 1.22 bits per heavy atom. The number of fused-ring (bicyclic) bond motifs is 1. The first-order valence-electron chi connectivity index (χ1n) is 7.08. The second kappa shape index (κ2) is 6.05. The number of benzene rings is 1. The summed E-state index contributed by atoms with van der Waals surface area (Å²) in [6.07, 6.45) is 6.70.